The number of rotatable bonds is 1. The van der Waals surface area contributed by atoms with E-state index in [9.17, 15) is 4.79 Å². The lowest BCUT2D eigenvalue weighted by Crippen LogP contribution is -2.49. The number of carbonyl (C=O) groups is 1. The van der Waals surface area contributed by atoms with Crippen LogP contribution in [-0.4, -0.2) is 35.0 Å². The highest BCUT2D eigenvalue weighted by Crippen LogP contribution is 2.35. The van der Waals surface area contributed by atoms with Crippen molar-refractivity contribution >= 4 is 18.3 Å². The van der Waals surface area contributed by atoms with Crippen LogP contribution in [0.15, 0.2) is 0 Å². The van der Waals surface area contributed by atoms with Crippen LogP contribution in [-0.2, 0) is 4.79 Å². The summed E-state index contributed by atoms with van der Waals surface area (Å²) in [5.74, 6) is 0.105. The molecule has 1 amide bonds. The minimum absolute atomic E-state index is 0. The maximum atomic E-state index is 11.8. The topological polar surface area (TPSA) is 72.3 Å². The van der Waals surface area contributed by atoms with E-state index in [1.807, 2.05) is 11.8 Å². The lowest BCUT2D eigenvalue weighted by molar-refractivity contribution is -0.134. The molecule has 4 nitrogen and oxygen atoms in total. The highest BCUT2D eigenvalue weighted by molar-refractivity contribution is 5.89. The lowest BCUT2D eigenvalue weighted by Gasteiger charge is -2.26. The Morgan fingerprint density at radius 1 is 1.50 bits per heavy atom. The van der Waals surface area contributed by atoms with Crippen molar-refractivity contribution in [2.45, 2.75) is 43.8 Å². The molecule has 1 aliphatic heterocycles. The van der Waals surface area contributed by atoms with Gasteiger partial charge >= 0.3 is 0 Å². The predicted molar refractivity (Wildman–Crippen MR) is 57.2 cm³/mol. The number of likely N-dealkylation sites (tertiary alicyclic amines) is 1. The Morgan fingerprint density at radius 3 is 2.43 bits per heavy atom. The molecule has 1 heterocycles. The minimum atomic E-state index is -0.529. The van der Waals surface area contributed by atoms with E-state index in [0.29, 0.717) is 0 Å². The normalized spacial score (nSPS) is 33.8. The molecule has 2 aliphatic rings. The standard InChI is InChI=1S/C9H17N3O.ClH/c1-6-7(10)2-5-12(6)8(13)9(11)3-4-9;/h6-7H,2-5,10-11H2,1H3;1H. The van der Waals surface area contributed by atoms with Crippen molar-refractivity contribution in [2.24, 2.45) is 11.5 Å². The van der Waals surface area contributed by atoms with Crippen molar-refractivity contribution in [3.8, 4) is 0 Å². The molecule has 1 aliphatic carbocycles. The molecule has 0 aromatic heterocycles. The number of halogens is 1. The fraction of sp³-hybridized carbons (Fsp3) is 0.889. The fourth-order valence-electron chi connectivity index (χ4n) is 1.89. The fourth-order valence-corrected chi connectivity index (χ4v) is 1.89. The van der Waals surface area contributed by atoms with Crippen molar-refractivity contribution in [3.63, 3.8) is 0 Å². The second-order valence-corrected chi connectivity index (χ2v) is 4.35. The lowest BCUT2D eigenvalue weighted by atomic mass is 10.1. The van der Waals surface area contributed by atoms with Crippen molar-refractivity contribution in [1.29, 1.82) is 0 Å². The molecule has 1 saturated carbocycles. The number of carbonyl (C=O) groups excluding carboxylic acids is 1. The zero-order valence-electron chi connectivity index (χ0n) is 8.40. The molecule has 1 saturated heterocycles. The summed E-state index contributed by atoms with van der Waals surface area (Å²) in [7, 11) is 0. The van der Waals surface area contributed by atoms with Gasteiger partial charge in [-0.15, -0.1) is 12.4 Å². The average molecular weight is 220 g/mol. The first kappa shape index (κ1) is 11.8. The Kier molecular flexibility index (Phi) is 3.09. The first-order chi connectivity index (χ1) is 6.04. The van der Waals surface area contributed by atoms with Gasteiger partial charge in [0.15, 0.2) is 0 Å². The summed E-state index contributed by atoms with van der Waals surface area (Å²) in [6.07, 6.45) is 2.58. The molecule has 82 valence electrons. The third-order valence-electron chi connectivity index (χ3n) is 3.29. The van der Waals surface area contributed by atoms with Crippen LogP contribution >= 0.6 is 12.4 Å². The maximum Gasteiger partial charge on any atom is 0.242 e. The van der Waals surface area contributed by atoms with Gasteiger partial charge in [-0.25, -0.2) is 0 Å². The quantitative estimate of drug-likeness (QED) is 0.644. The third-order valence-corrected chi connectivity index (χ3v) is 3.29. The summed E-state index contributed by atoms with van der Waals surface area (Å²) in [4.78, 5) is 13.7. The van der Waals surface area contributed by atoms with E-state index in [1.54, 1.807) is 0 Å². The van der Waals surface area contributed by atoms with E-state index in [0.717, 1.165) is 25.8 Å². The molecule has 2 fully saturated rings. The van der Waals surface area contributed by atoms with Crippen molar-refractivity contribution in [2.75, 3.05) is 6.54 Å². The summed E-state index contributed by atoms with van der Waals surface area (Å²) in [6.45, 7) is 2.78. The van der Waals surface area contributed by atoms with E-state index < -0.39 is 5.54 Å². The third kappa shape index (κ3) is 1.74. The molecule has 2 unspecified atom stereocenters. The maximum absolute atomic E-state index is 11.8. The van der Waals surface area contributed by atoms with Crippen LogP contribution < -0.4 is 11.5 Å². The molecular formula is C9H18ClN3O. The SMILES string of the molecule is CC1C(N)CCN1C(=O)C1(N)CC1.Cl. The molecule has 14 heavy (non-hydrogen) atoms. The Balaban J connectivity index is 0.000000980. The Labute approximate surface area is 90.4 Å². The highest BCUT2D eigenvalue weighted by Gasteiger charge is 2.50. The van der Waals surface area contributed by atoms with Crippen LogP contribution in [0.3, 0.4) is 0 Å². The second-order valence-electron chi connectivity index (χ2n) is 4.35. The first-order valence-electron chi connectivity index (χ1n) is 4.90. The molecule has 0 radical (unpaired) electrons. The van der Waals surface area contributed by atoms with Crippen LogP contribution in [0.5, 0.6) is 0 Å². The molecular weight excluding hydrogens is 202 g/mol. The van der Waals surface area contributed by atoms with Gasteiger partial charge in [-0.3, -0.25) is 4.79 Å². The van der Waals surface area contributed by atoms with Gasteiger partial charge in [-0.05, 0) is 26.2 Å². The smallest absolute Gasteiger partial charge is 0.242 e. The summed E-state index contributed by atoms with van der Waals surface area (Å²) in [5.41, 5.74) is 11.2. The van der Waals surface area contributed by atoms with Gasteiger partial charge < -0.3 is 16.4 Å². The number of amides is 1. The van der Waals surface area contributed by atoms with E-state index in [4.69, 9.17) is 11.5 Å². The number of nitrogens with two attached hydrogens (primary N) is 2. The highest BCUT2D eigenvalue weighted by atomic mass is 35.5. The summed E-state index contributed by atoms with van der Waals surface area (Å²) < 4.78 is 0. The van der Waals surface area contributed by atoms with Gasteiger partial charge in [-0.1, -0.05) is 0 Å². The number of hydrogen-bond donors (Lipinski definition) is 2. The van der Waals surface area contributed by atoms with Gasteiger partial charge in [-0.2, -0.15) is 0 Å². The minimum Gasteiger partial charge on any atom is -0.337 e. The summed E-state index contributed by atoms with van der Waals surface area (Å²) >= 11 is 0. The van der Waals surface area contributed by atoms with Crippen molar-refractivity contribution < 1.29 is 4.79 Å². The molecule has 5 heteroatoms. The van der Waals surface area contributed by atoms with Gasteiger partial charge in [0.05, 0.1) is 5.54 Å². The van der Waals surface area contributed by atoms with Crippen LogP contribution in [0.1, 0.15) is 26.2 Å². The molecule has 0 bridgehead atoms. The molecule has 0 aromatic carbocycles. The van der Waals surface area contributed by atoms with E-state index in [2.05, 4.69) is 0 Å². The zero-order valence-corrected chi connectivity index (χ0v) is 9.22. The number of hydrogen-bond acceptors (Lipinski definition) is 3. The van der Waals surface area contributed by atoms with Crippen LogP contribution in [0, 0.1) is 0 Å². The Morgan fingerprint density at radius 2 is 2.07 bits per heavy atom. The van der Waals surface area contributed by atoms with Crippen LogP contribution in [0.25, 0.3) is 0 Å². The van der Waals surface area contributed by atoms with Crippen LogP contribution in [0.2, 0.25) is 0 Å². The molecule has 2 atom stereocenters. The molecule has 2 rings (SSSR count). The van der Waals surface area contributed by atoms with Gasteiger partial charge in [0.2, 0.25) is 5.91 Å². The Bertz CT molecular complexity index is 242. The monoisotopic (exact) mass is 219 g/mol. The van der Waals surface area contributed by atoms with Crippen molar-refractivity contribution in [3.05, 3.63) is 0 Å². The number of nitrogens with zero attached hydrogens (tertiary/aromatic N) is 1. The predicted octanol–water partition coefficient (Wildman–Crippen LogP) is -0.152. The molecule has 0 aromatic rings. The average Bonchev–Trinajstić information content (AvgIpc) is 2.76. The van der Waals surface area contributed by atoms with Gasteiger partial charge in [0, 0.05) is 18.6 Å². The van der Waals surface area contributed by atoms with Gasteiger partial charge in [0.1, 0.15) is 0 Å². The second kappa shape index (κ2) is 3.68. The first-order valence-corrected chi connectivity index (χ1v) is 4.90. The van der Waals surface area contributed by atoms with Gasteiger partial charge in [0.25, 0.3) is 0 Å². The van der Waals surface area contributed by atoms with E-state index in [1.165, 1.54) is 0 Å². The van der Waals surface area contributed by atoms with E-state index in [-0.39, 0.29) is 30.4 Å². The van der Waals surface area contributed by atoms with Crippen molar-refractivity contribution in [1.82, 2.24) is 4.90 Å². The summed E-state index contributed by atoms with van der Waals surface area (Å²) in [6, 6.07) is 0.292. The molecule has 4 N–H and O–H groups in total. The molecule has 0 spiro atoms. The Hall–Kier alpha value is -0.320. The largest absolute Gasteiger partial charge is 0.337 e. The zero-order chi connectivity index (χ0) is 9.64. The van der Waals surface area contributed by atoms with Crippen LogP contribution in [0.4, 0.5) is 0 Å². The summed E-state index contributed by atoms with van der Waals surface area (Å²) in [5, 5.41) is 0. The van der Waals surface area contributed by atoms with E-state index >= 15 is 0 Å².